The van der Waals surface area contributed by atoms with Crippen molar-refractivity contribution < 1.29 is 19.1 Å². The standard InChI is InChI=1S/C29H35ClN4O4S2/c1-4-15-34-24(12-9-16-38-22-14-13-20(30)17-19(22)2)32-33-29(34)39-18-25(35)31-27-26(28(36)37-3)21-10-7-5-6-8-11-23(21)40-27/h4,13-14,17H,1,5-12,15-16,18H2,2-3H3,(H,31,35). The molecule has 2 heterocycles. The van der Waals surface area contributed by atoms with Crippen LogP contribution in [0.5, 0.6) is 5.75 Å². The van der Waals surface area contributed by atoms with Crippen LogP contribution in [0.1, 0.15) is 64.3 Å². The number of hydrogen-bond donors (Lipinski definition) is 1. The van der Waals surface area contributed by atoms with Gasteiger partial charge in [-0.1, -0.05) is 42.3 Å². The van der Waals surface area contributed by atoms with Gasteiger partial charge < -0.3 is 19.4 Å². The lowest BCUT2D eigenvalue weighted by Crippen LogP contribution is -2.17. The zero-order valence-electron chi connectivity index (χ0n) is 23.0. The molecule has 0 unspecified atom stereocenters. The number of nitrogens with zero attached hydrogens (tertiary/aromatic N) is 3. The summed E-state index contributed by atoms with van der Waals surface area (Å²) in [5.41, 5.74) is 2.53. The largest absolute Gasteiger partial charge is 0.493 e. The third kappa shape index (κ3) is 7.67. The molecule has 1 N–H and O–H groups in total. The molecule has 1 amide bonds. The van der Waals surface area contributed by atoms with Crippen molar-refractivity contribution in [1.82, 2.24) is 14.8 Å². The number of rotatable bonds is 12. The van der Waals surface area contributed by atoms with Crippen molar-refractivity contribution >= 4 is 51.6 Å². The van der Waals surface area contributed by atoms with Crippen molar-refractivity contribution in [2.75, 3.05) is 24.8 Å². The zero-order chi connectivity index (χ0) is 28.5. The van der Waals surface area contributed by atoms with E-state index in [-0.39, 0.29) is 11.7 Å². The Morgan fingerprint density at radius 2 is 2.02 bits per heavy atom. The average Bonchev–Trinajstić information content (AvgIpc) is 3.46. The molecule has 0 fully saturated rings. The van der Waals surface area contributed by atoms with E-state index >= 15 is 0 Å². The van der Waals surface area contributed by atoms with Crippen LogP contribution in [0.3, 0.4) is 0 Å². The molecule has 4 rings (SSSR count). The molecular formula is C29H35ClN4O4S2. The van der Waals surface area contributed by atoms with Crippen molar-refractivity contribution in [3.63, 3.8) is 0 Å². The lowest BCUT2D eigenvalue weighted by molar-refractivity contribution is -0.113. The normalized spacial score (nSPS) is 13.2. The Labute approximate surface area is 248 Å². The summed E-state index contributed by atoms with van der Waals surface area (Å²) in [7, 11) is 1.38. The van der Waals surface area contributed by atoms with Gasteiger partial charge in [0.25, 0.3) is 0 Å². The van der Waals surface area contributed by atoms with Crippen molar-refractivity contribution in [3.05, 3.63) is 63.3 Å². The topological polar surface area (TPSA) is 95.3 Å². The number of anilines is 1. The highest BCUT2D eigenvalue weighted by Gasteiger charge is 2.26. The number of methoxy groups -OCH3 is 1. The third-order valence-corrected chi connectivity index (χ3v) is 9.10. The van der Waals surface area contributed by atoms with E-state index in [1.165, 1.54) is 41.5 Å². The number of allylic oxidation sites excluding steroid dienone is 1. The highest BCUT2D eigenvalue weighted by atomic mass is 35.5. The lowest BCUT2D eigenvalue weighted by atomic mass is 9.96. The molecule has 1 aromatic carbocycles. The Morgan fingerprint density at radius 1 is 1.23 bits per heavy atom. The van der Waals surface area contributed by atoms with Crippen LogP contribution < -0.4 is 10.1 Å². The number of thiophene rings is 1. The lowest BCUT2D eigenvalue weighted by Gasteiger charge is -2.11. The number of amides is 1. The number of aryl methyl sites for hydroxylation is 3. The Kier molecular flexibility index (Phi) is 11.1. The summed E-state index contributed by atoms with van der Waals surface area (Å²) in [6, 6.07) is 5.57. The first-order valence-corrected chi connectivity index (χ1v) is 15.7. The third-order valence-electron chi connectivity index (χ3n) is 6.69. The van der Waals surface area contributed by atoms with E-state index in [1.54, 1.807) is 6.08 Å². The van der Waals surface area contributed by atoms with Crippen molar-refractivity contribution in [2.45, 2.75) is 70.0 Å². The number of fused-ring (bicyclic) bond motifs is 1. The Balaban J connectivity index is 1.36. The molecule has 0 radical (unpaired) electrons. The van der Waals surface area contributed by atoms with Crippen LogP contribution in [0, 0.1) is 6.92 Å². The number of carbonyl (C=O) groups is 2. The predicted molar refractivity (Wildman–Crippen MR) is 161 cm³/mol. The zero-order valence-corrected chi connectivity index (χ0v) is 25.4. The van der Waals surface area contributed by atoms with Crippen LogP contribution in [0.4, 0.5) is 5.00 Å². The number of nitrogens with one attached hydrogen (secondary N) is 1. The minimum absolute atomic E-state index is 0.136. The van der Waals surface area contributed by atoms with Crippen molar-refractivity contribution in [2.24, 2.45) is 0 Å². The van der Waals surface area contributed by atoms with Crippen LogP contribution in [0.2, 0.25) is 5.02 Å². The SMILES string of the molecule is C=CCn1c(CCCOc2ccc(Cl)cc2C)nnc1SCC(=O)Nc1sc2c(c1C(=O)OC)CCCCCC2. The van der Waals surface area contributed by atoms with Crippen LogP contribution in [-0.2, 0) is 35.3 Å². The summed E-state index contributed by atoms with van der Waals surface area (Å²) < 4.78 is 12.9. The fraction of sp³-hybridized carbons (Fsp3) is 0.448. The molecule has 8 nitrogen and oxygen atoms in total. The Morgan fingerprint density at radius 3 is 2.77 bits per heavy atom. The number of halogens is 1. The van der Waals surface area contributed by atoms with E-state index in [4.69, 9.17) is 21.1 Å². The summed E-state index contributed by atoms with van der Waals surface area (Å²) >= 11 is 8.83. The number of aromatic nitrogens is 3. The van der Waals surface area contributed by atoms with Gasteiger partial charge in [0.2, 0.25) is 5.91 Å². The molecule has 0 atom stereocenters. The van der Waals surface area contributed by atoms with Crippen LogP contribution in [0.15, 0.2) is 36.0 Å². The van der Waals surface area contributed by atoms with Gasteiger partial charge in [0, 0.05) is 22.9 Å². The molecule has 0 spiro atoms. The number of benzene rings is 1. The number of carbonyl (C=O) groups excluding carboxylic acids is 2. The highest BCUT2D eigenvalue weighted by molar-refractivity contribution is 7.99. The van der Waals surface area contributed by atoms with Gasteiger partial charge in [-0.25, -0.2) is 4.79 Å². The molecule has 0 aliphatic heterocycles. The van der Waals surface area contributed by atoms with E-state index in [1.807, 2.05) is 29.7 Å². The Bertz CT molecular complexity index is 1350. The molecule has 0 bridgehead atoms. The van der Waals surface area contributed by atoms with Gasteiger partial charge in [0.1, 0.15) is 16.6 Å². The van der Waals surface area contributed by atoms with Crippen LogP contribution in [-0.4, -0.2) is 46.1 Å². The molecule has 1 aliphatic rings. The van der Waals surface area contributed by atoms with Gasteiger partial charge in [-0.15, -0.1) is 28.1 Å². The predicted octanol–water partition coefficient (Wildman–Crippen LogP) is 6.68. The van der Waals surface area contributed by atoms with E-state index < -0.39 is 5.97 Å². The van der Waals surface area contributed by atoms with Gasteiger partial charge in [0.05, 0.1) is 25.0 Å². The molecule has 2 aromatic heterocycles. The van der Waals surface area contributed by atoms with Gasteiger partial charge in [-0.2, -0.15) is 0 Å². The number of ether oxygens (including phenoxy) is 2. The maximum absolute atomic E-state index is 13.0. The van der Waals surface area contributed by atoms with Gasteiger partial charge >= 0.3 is 5.97 Å². The minimum Gasteiger partial charge on any atom is -0.493 e. The van der Waals surface area contributed by atoms with Crippen LogP contribution in [0.25, 0.3) is 0 Å². The summed E-state index contributed by atoms with van der Waals surface area (Å²) in [5, 5.41) is 13.6. The first-order chi connectivity index (χ1) is 19.4. The number of thioether (sulfide) groups is 1. The second-order valence-electron chi connectivity index (χ2n) is 9.61. The maximum atomic E-state index is 13.0. The molecule has 0 saturated heterocycles. The summed E-state index contributed by atoms with van der Waals surface area (Å²) in [6.45, 7) is 6.89. The first-order valence-electron chi connectivity index (χ1n) is 13.5. The fourth-order valence-electron chi connectivity index (χ4n) is 4.73. The van der Waals surface area contributed by atoms with E-state index in [2.05, 4.69) is 22.1 Å². The van der Waals surface area contributed by atoms with E-state index in [0.29, 0.717) is 40.3 Å². The molecular weight excluding hydrogens is 568 g/mol. The van der Waals surface area contributed by atoms with Gasteiger partial charge in [-0.05, 0) is 68.4 Å². The second kappa shape index (κ2) is 14.7. The van der Waals surface area contributed by atoms with Gasteiger partial charge in [-0.3, -0.25) is 4.79 Å². The Hall–Kier alpha value is -2.82. The summed E-state index contributed by atoms with van der Waals surface area (Å²) in [4.78, 5) is 26.8. The maximum Gasteiger partial charge on any atom is 0.341 e. The molecule has 214 valence electrons. The quantitative estimate of drug-likeness (QED) is 0.107. The van der Waals surface area contributed by atoms with Crippen LogP contribution >= 0.6 is 34.7 Å². The smallest absolute Gasteiger partial charge is 0.341 e. The fourth-order valence-corrected chi connectivity index (χ4v) is 7.02. The number of esters is 1. The molecule has 1 aliphatic carbocycles. The molecule has 0 saturated carbocycles. The minimum atomic E-state index is -0.397. The second-order valence-corrected chi connectivity index (χ2v) is 12.1. The molecule has 40 heavy (non-hydrogen) atoms. The molecule has 3 aromatic rings. The van der Waals surface area contributed by atoms with Crippen molar-refractivity contribution in [1.29, 1.82) is 0 Å². The highest BCUT2D eigenvalue weighted by Crippen LogP contribution is 2.37. The van der Waals surface area contributed by atoms with E-state index in [9.17, 15) is 9.59 Å². The summed E-state index contributed by atoms with van der Waals surface area (Å²) in [5.74, 6) is 1.16. The molecule has 11 heteroatoms. The van der Waals surface area contributed by atoms with Gasteiger partial charge in [0.15, 0.2) is 5.16 Å². The van der Waals surface area contributed by atoms with E-state index in [0.717, 1.165) is 61.2 Å². The first kappa shape index (κ1) is 30.1. The summed E-state index contributed by atoms with van der Waals surface area (Å²) in [6.07, 6.45) is 9.42. The average molecular weight is 603 g/mol. The number of hydrogen-bond acceptors (Lipinski definition) is 8. The monoisotopic (exact) mass is 602 g/mol. The van der Waals surface area contributed by atoms with Crippen molar-refractivity contribution in [3.8, 4) is 5.75 Å².